The van der Waals surface area contributed by atoms with Crippen molar-refractivity contribution >= 4 is 45.9 Å². The second kappa shape index (κ2) is 21.2. The van der Waals surface area contributed by atoms with E-state index in [0.29, 0.717) is 86.5 Å². The number of nitrogens with two attached hydrogens (primary N) is 2. The van der Waals surface area contributed by atoms with Crippen molar-refractivity contribution in [2.75, 3.05) is 64.3 Å². The standard InChI is InChI=1S/C54H50N4O11/c1-33-47(51(59)37-15-17-43(55)41(31-37)53(61)62)45-13-3-5-19-57(45)49(33)35-9-7-11-39(29-35)68-27-25-66-23-21-65-22-24-67-26-28-69-40-12-8-10-36(30-40)50-34(2)48(46-14-4-6-20-58(46)50)52(60)38-16-18-44(56)42(32-38)54(63)64/h3-20,29-32H,21-28,55-56H2,1-2H3,(H,61,62)(H,63,64). The third-order valence-electron chi connectivity index (χ3n) is 11.7. The molecule has 0 unspecified atom stereocenters. The minimum atomic E-state index is -1.20. The lowest BCUT2D eigenvalue weighted by molar-refractivity contribution is 0.00499. The number of aromatic nitrogens is 2. The van der Waals surface area contributed by atoms with Crippen molar-refractivity contribution in [2.45, 2.75) is 13.8 Å². The van der Waals surface area contributed by atoms with E-state index in [0.717, 1.165) is 33.6 Å². The number of anilines is 2. The van der Waals surface area contributed by atoms with Gasteiger partial charge in [-0.3, -0.25) is 9.59 Å². The van der Waals surface area contributed by atoms with Crippen molar-refractivity contribution in [1.82, 2.24) is 8.80 Å². The van der Waals surface area contributed by atoms with E-state index in [2.05, 4.69) is 0 Å². The van der Waals surface area contributed by atoms with Crippen LogP contribution in [0.5, 0.6) is 11.5 Å². The summed E-state index contributed by atoms with van der Waals surface area (Å²) in [6.07, 6.45) is 3.77. The van der Waals surface area contributed by atoms with Crippen molar-refractivity contribution < 1.29 is 53.1 Å². The number of ether oxygens (including phenoxy) is 5. The highest BCUT2D eigenvalue weighted by molar-refractivity contribution is 6.17. The van der Waals surface area contributed by atoms with Crippen molar-refractivity contribution in [3.63, 3.8) is 0 Å². The molecule has 0 amide bonds. The number of hydrogen-bond acceptors (Lipinski definition) is 11. The first kappa shape index (κ1) is 47.3. The molecule has 4 heterocycles. The third kappa shape index (κ3) is 10.2. The minimum absolute atomic E-state index is 0.0860. The summed E-state index contributed by atoms with van der Waals surface area (Å²) < 4.78 is 33.1. The van der Waals surface area contributed by atoms with Gasteiger partial charge in [0.2, 0.25) is 0 Å². The molecule has 15 heteroatoms. The number of aromatic carboxylic acids is 2. The van der Waals surface area contributed by atoms with Crippen LogP contribution in [0, 0.1) is 13.8 Å². The minimum Gasteiger partial charge on any atom is -0.491 e. The molecule has 0 aliphatic heterocycles. The van der Waals surface area contributed by atoms with Crippen molar-refractivity contribution in [3.8, 4) is 34.0 Å². The maximum Gasteiger partial charge on any atom is 0.337 e. The molecular formula is C54H50N4O11. The van der Waals surface area contributed by atoms with Crippen LogP contribution in [0.4, 0.5) is 11.4 Å². The summed E-state index contributed by atoms with van der Waals surface area (Å²) in [7, 11) is 0. The molecule has 6 N–H and O–H groups in total. The summed E-state index contributed by atoms with van der Waals surface area (Å²) >= 11 is 0. The van der Waals surface area contributed by atoms with Gasteiger partial charge in [0.05, 0.1) is 84.3 Å². The number of carbonyl (C=O) groups excluding carboxylic acids is 2. The van der Waals surface area contributed by atoms with E-state index in [1.54, 1.807) is 12.1 Å². The molecule has 0 aliphatic rings. The van der Waals surface area contributed by atoms with E-state index < -0.39 is 11.9 Å². The van der Waals surface area contributed by atoms with Gasteiger partial charge in [-0.15, -0.1) is 0 Å². The fourth-order valence-corrected chi connectivity index (χ4v) is 8.45. The van der Waals surface area contributed by atoms with Crippen molar-refractivity contribution in [2.24, 2.45) is 0 Å². The normalized spacial score (nSPS) is 11.3. The zero-order valence-electron chi connectivity index (χ0n) is 38.0. The predicted octanol–water partition coefficient (Wildman–Crippen LogP) is 8.67. The quantitative estimate of drug-likeness (QED) is 0.0285. The summed E-state index contributed by atoms with van der Waals surface area (Å²) in [5.74, 6) is -1.75. The third-order valence-corrected chi connectivity index (χ3v) is 11.7. The molecule has 0 spiro atoms. The number of carboxylic acid groups (broad SMARTS) is 2. The molecule has 0 bridgehead atoms. The second-order valence-corrected chi connectivity index (χ2v) is 16.1. The van der Waals surface area contributed by atoms with E-state index in [1.165, 1.54) is 24.3 Å². The molecule has 0 radical (unpaired) electrons. The molecule has 0 fully saturated rings. The van der Waals surface area contributed by atoms with Gasteiger partial charge < -0.3 is 54.2 Å². The van der Waals surface area contributed by atoms with Crippen molar-refractivity contribution in [1.29, 1.82) is 0 Å². The Morgan fingerprint density at radius 2 is 0.870 bits per heavy atom. The summed E-state index contributed by atoms with van der Waals surface area (Å²) in [6.45, 7) is 6.54. The smallest absolute Gasteiger partial charge is 0.337 e. The molecule has 352 valence electrons. The molecule has 15 nitrogen and oxygen atoms in total. The van der Waals surface area contributed by atoms with Crippen molar-refractivity contribution in [3.05, 3.63) is 178 Å². The van der Waals surface area contributed by atoms with Gasteiger partial charge in [-0.1, -0.05) is 36.4 Å². The average molecular weight is 931 g/mol. The lowest BCUT2D eigenvalue weighted by Gasteiger charge is -2.11. The van der Waals surface area contributed by atoms with Gasteiger partial charge in [-0.2, -0.15) is 0 Å². The van der Waals surface area contributed by atoms with Gasteiger partial charge in [-0.25, -0.2) is 9.59 Å². The molecule has 69 heavy (non-hydrogen) atoms. The van der Waals surface area contributed by atoms with Crippen LogP contribution in [0.15, 0.2) is 134 Å². The number of rotatable bonds is 22. The van der Waals surface area contributed by atoms with Gasteiger partial charge in [0.25, 0.3) is 0 Å². The number of hydrogen-bond donors (Lipinski definition) is 4. The summed E-state index contributed by atoms with van der Waals surface area (Å²) in [5.41, 5.74) is 19.2. The van der Waals surface area contributed by atoms with Gasteiger partial charge in [-0.05, 0) is 110 Å². The maximum absolute atomic E-state index is 13.9. The topological polar surface area (TPSA) is 216 Å². The number of ketones is 2. The lowest BCUT2D eigenvalue weighted by atomic mass is 9.97. The maximum atomic E-state index is 13.9. The van der Waals surface area contributed by atoms with Gasteiger partial charge in [0.1, 0.15) is 24.7 Å². The molecule has 0 saturated carbocycles. The van der Waals surface area contributed by atoms with E-state index in [1.807, 2.05) is 120 Å². The largest absolute Gasteiger partial charge is 0.491 e. The Hall–Kier alpha value is -8.24. The fraction of sp³-hybridized carbons (Fsp3) is 0.185. The molecule has 8 aromatic rings. The Labute approximate surface area is 397 Å². The van der Waals surface area contributed by atoms with Gasteiger partial charge >= 0.3 is 11.9 Å². The van der Waals surface area contributed by atoms with E-state index in [4.69, 9.17) is 35.2 Å². The highest BCUT2D eigenvalue weighted by Crippen LogP contribution is 2.36. The molecular weight excluding hydrogens is 881 g/mol. The van der Waals surface area contributed by atoms with E-state index >= 15 is 0 Å². The Morgan fingerprint density at radius 3 is 1.26 bits per heavy atom. The van der Waals surface area contributed by atoms with E-state index in [-0.39, 0.29) is 45.2 Å². The number of nitrogen functional groups attached to an aromatic ring is 2. The molecule has 8 rings (SSSR count). The van der Waals surface area contributed by atoms with Crippen LogP contribution in [-0.2, 0) is 14.2 Å². The second-order valence-electron chi connectivity index (χ2n) is 16.1. The number of carboxylic acids is 2. The monoisotopic (exact) mass is 930 g/mol. The number of pyridine rings is 2. The highest BCUT2D eigenvalue weighted by Gasteiger charge is 2.26. The SMILES string of the molecule is Cc1c(C(=O)c2ccc(N)c(C(=O)O)c2)c2ccccn2c1-c1cccc(OCCOCCOCCOCCOc2cccc(-c3c(C)c(C(=O)c4ccc(N)c(C(=O)O)c4)c4ccccn34)c2)c1. The molecule has 4 aromatic heterocycles. The first-order valence-corrected chi connectivity index (χ1v) is 22.2. The first-order valence-electron chi connectivity index (χ1n) is 22.2. The molecule has 0 atom stereocenters. The number of carbonyl (C=O) groups is 4. The Kier molecular flexibility index (Phi) is 14.5. The summed E-state index contributed by atoms with van der Waals surface area (Å²) in [4.78, 5) is 51.2. The zero-order valence-corrected chi connectivity index (χ0v) is 38.0. The van der Waals surface area contributed by atoms with Crippen LogP contribution in [0.1, 0.15) is 63.7 Å². The predicted molar refractivity (Wildman–Crippen MR) is 261 cm³/mol. The number of benzene rings is 4. The molecule has 0 saturated heterocycles. The Morgan fingerprint density at radius 1 is 0.478 bits per heavy atom. The number of fused-ring (bicyclic) bond motifs is 2. The van der Waals surface area contributed by atoms with Crippen LogP contribution < -0.4 is 20.9 Å². The van der Waals surface area contributed by atoms with Gasteiger partial charge in [0.15, 0.2) is 11.6 Å². The molecule has 0 aliphatic carbocycles. The van der Waals surface area contributed by atoms with Crippen LogP contribution in [0.2, 0.25) is 0 Å². The Bertz CT molecular complexity index is 3010. The summed E-state index contributed by atoms with van der Waals surface area (Å²) in [6, 6.07) is 35.0. The first-order chi connectivity index (χ1) is 33.4. The van der Waals surface area contributed by atoms with Crippen LogP contribution in [-0.4, -0.2) is 95.4 Å². The highest BCUT2D eigenvalue weighted by atomic mass is 16.6. The van der Waals surface area contributed by atoms with Gasteiger partial charge in [0, 0.05) is 46.0 Å². The Balaban J connectivity index is 0.764. The fourth-order valence-electron chi connectivity index (χ4n) is 8.45. The van der Waals surface area contributed by atoms with Crippen LogP contribution >= 0.6 is 0 Å². The molecule has 4 aromatic carbocycles. The van der Waals surface area contributed by atoms with Crippen LogP contribution in [0.25, 0.3) is 33.5 Å². The zero-order chi connectivity index (χ0) is 48.6. The van der Waals surface area contributed by atoms with E-state index in [9.17, 15) is 29.4 Å². The lowest BCUT2D eigenvalue weighted by Crippen LogP contribution is -2.14. The van der Waals surface area contributed by atoms with Crippen LogP contribution in [0.3, 0.4) is 0 Å². The number of nitrogens with zero attached hydrogens (tertiary/aromatic N) is 2. The average Bonchev–Trinajstić information content (AvgIpc) is 3.82. The summed E-state index contributed by atoms with van der Waals surface area (Å²) in [5, 5.41) is 19.2.